The highest BCUT2D eigenvalue weighted by Gasteiger charge is 2.16. The van der Waals surface area contributed by atoms with Gasteiger partial charge in [0.2, 0.25) is 0 Å². The molecule has 0 saturated heterocycles. The van der Waals surface area contributed by atoms with Crippen molar-refractivity contribution in [1.82, 2.24) is 15.0 Å². The monoisotopic (exact) mass is 611 g/mol. The summed E-state index contributed by atoms with van der Waals surface area (Å²) in [6, 6.07) is 61.7. The molecular formula is C45H29N3. The van der Waals surface area contributed by atoms with E-state index in [1.165, 1.54) is 38.4 Å². The lowest BCUT2D eigenvalue weighted by Crippen LogP contribution is -2.00. The van der Waals surface area contributed by atoms with Crippen LogP contribution in [0.3, 0.4) is 0 Å². The van der Waals surface area contributed by atoms with Crippen molar-refractivity contribution in [1.29, 1.82) is 0 Å². The normalized spacial score (nSPS) is 11.3. The van der Waals surface area contributed by atoms with E-state index in [0.717, 1.165) is 32.8 Å². The van der Waals surface area contributed by atoms with Crippen LogP contribution in [0.1, 0.15) is 0 Å². The Bertz CT molecular complexity index is 2600. The Labute approximate surface area is 278 Å². The summed E-state index contributed by atoms with van der Waals surface area (Å²) in [5.41, 5.74) is 7.64. The Morgan fingerprint density at radius 2 is 0.771 bits per heavy atom. The van der Waals surface area contributed by atoms with Crippen LogP contribution in [-0.4, -0.2) is 15.0 Å². The third-order valence-corrected chi connectivity index (χ3v) is 9.12. The maximum absolute atomic E-state index is 5.17. The lowest BCUT2D eigenvalue weighted by atomic mass is 9.93. The molecular weight excluding hydrogens is 583 g/mol. The van der Waals surface area contributed by atoms with Crippen LogP contribution < -0.4 is 0 Å². The summed E-state index contributed by atoms with van der Waals surface area (Å²) in [5, 5.41) is 7.03. The predicted molar refractivity (Wildman–Crippen MR) is 200 cm³/mol. The van der Waals surface area contributed by atoms with Gasteiger partial charge in [0.15, 0.2) is 17.5 Å². The Kier molecular flexibility index (Phi) is 6.80. The first-order valence-corrected chi connectivity index (χ1v) is 16.2. The summed E-state index contributed by atoms with van der Waals surface area (Å²) in [4.78, 5) is 15.3. The molecule has 0 N–H and O–H groups in total. The van der Waals surface area contributed by atoms with E-state index in [9.17, 15) is 0 Å². The Morgan fingerprint density at radius 3 is 1.54 bits per heavy atom. The van der Waals surface area contributed by atoms with E-state index >= 15 is 0 Å². The van der Waals surface area contributed by atoms with Crippen LogP contribution in [-0.2, 0) is 0 Å². The number of nitrogens with zero attached hydrogens (tertiary/aromatic N) is 3. The van der Waals surface area contributed by atoms with Gasteiger partial charge in [-0.05, 0) is 66.7 Å². The summed E-state index contributed by atoms with van der Waals surface area (Å²) >= 11 is 0. The van der Waals surface area contributed by atoms with Crippen LogP contribution in [0.5, 0.6) is 0 Å². The number of rotatable bonds is 5. The molecule has 0 atom stereocenters. The zero-order valence-corrected chi connectivity index (χ0v) is 26.1. The van der Waals surface area contributed by atoms with Crippen LogP contribution in [0, 0.1) is 0 Å². The maximum Gasteiger partial charge on any atom is 0.164 e. The molecule has 0 radical (unpaired) electrons. The zero-order valence-electron chi connectivity index (χ0n) is 26.1. The molecule has 0 aliphatic heterocycles. The molecule has 9 rings (SSSR count). The smallest absolute Gasteiger partial charge is 0.164 e. The fourth-order valence-corrected chi connectivity index (χ4v) is 6.74. The van der Waals surface area contributed by atoms with E-state index in [1.807, 2.05) is 24.3 Å². The van der Waals surface area contributed by atoms with Gasteiger partial charge in [0, 0.05) is 16.7 Å². The number of benzene rings is 8. The summed E-state index contributed by atoms with van der Waals surface area (Å²) in [6.07, 6.45) is 0. The lowest BCUT2D eigenvalue weighted by Gasteiger charge is -2.13. The van der Waals surface area contributed by atoms with Crippen LogP contribution >= 0.6 is 0 Å². The molecule has 0 aliphatic carbocycles. The molecule has 0 aliphatic rings. The van der Waals surface area contributed by atoms with Gasteiger partial charge in [0.05, 0.1) is 0 Å². The lowest BCUT2D eigenvalue weighted by molar-refractivity contribution is 1.08. The van der Waals surface area contributed by atoms with Crippen LogP contribution in [0.25, 0.3) is 88.7 Å². The molecule has 8 aromatic carbocycles. The summed E-state index contributed by atoms with van der Waals surface area (Å²) in [5.74, 6) is 1.95. The average molecular weight is 612 g/mol. The molecule has 0 unspecified atom stereocenters. The molecule has 0 bridgehead atoms. The van der Waals surface area contributed by atoms with Gasteiger partial charge < -0.3 is 0 Å². The highest BCUT2D eigenvalue weighted by molar-refractivity contribution is 6.06. The minimum Gasteiger partial charge on any atom is -0.208 e. The van der Waals surface area contributed by atoms with Crippen molar-refractivity contribution in [3.8, 4) is 56.4 Å². The van der Waals surface area contributed by atoms with E-state index in [4.69, 9.17) is 15.0 Å². The van der Waals surface area contributed by atoms with Crippen LogP contribution in [0.4, 0.5) is 0 Å². The Hall–Kier alpha value is -6.45. The molecule has 3 heteroatoms. The maximum atomic E-state index is 5.17. The van der Waals surface area contributed by atoms with Crippen molar-refractivity contribution >= 4 is 32.3 Å². The molecule has 0 fully saturated rings. The number of fused-ring (bicyclic) bond motifs is 3. The number of hydrogen-bond acceptors (Lipinski definition) is 3. The second-order valence-corrected chi connectivity index (χ2v) is 12.0. The van der Waals surface area contributed by atoms with Gasteiger partial charge >= 0.3 is 0 Å². The van der Waals surface area contributed by atoms with Gasteiger partial charge in [-0.25, -0.2) is 15.0 Å². The van der Waals surface area contributed by atoms with Crippen molar-refractivity contribution in [2.75, 3.05) is 0 Å². The topological polar surface area (TPSA) is 38.7 Å². The first-order chi connectivity index (χ1) is 23.8. The molecule has 0 saturated carbocycles. The molecule has 9 aromatic rings. The van der Waals surface area contributed by atoms with Gasteiger partial charge in [-0.1, -0.05) is 164 Å². The van der Waals surface area contributed by atoms with Crippen LogP contribution in [0.15, 0.2) is 176 Å². The molecule has 0 spiro atoms. The largest absolute Gasteiger partial charge is 0.208 e. The third-order valence-electron chi connectivity index (χ3n) is 9.12. The van der Waals surface area contributed by atoms with Crippen molar-refractivity contribution in [3.05, 3.63) is 176 Å². The number of hydrogen-bond donors (Lipinski definition) is 0. The van der Waals surface area contributed by atoms with Crippen molar-refractivity contribution in [2.45, 2.75) is 0 Å². The molecule has 224 valence electrons. The van der Waals surface area contributed by atoms with Gasteiger partial charge in [-0.15, -0.1) is 0 Å². The standard InChI is InChI=1S/C45H29N3/c1-3-12-30(13-4-1)34-26-27-38-35(28-34)19-11-23-41(38)45-47-43(33-15-5-2-6-16-33)46-44(48-45)36-25-24-32-18-10-22-40(42(32)29-36)39-21-9-17-31-14-7-8-20-37(31)39/h1-29H. The third kappa shape index (κ3) is 4.99. The minimum absolute atomic E-state index is 0.645. The Morgan fingerprint density at radius 1 is 0.250 bits per heavy atom. The molecule has 3 nitrogen and oxygen atoms in total. The molecule has 1 aromatic heterocycles. The second kappa shape index (κ2) is 11.7. The highest BCUT2D eigenvalue weighted by Crippen LogP contribution is 2.37. The van der Waals surface area contributed by atoms with E-state index < -0.39 is 0 Å². The van der Waals surface area contributed by atoms with E-state index in [2.05, 4.69) is 152 Å². The fourth-order valence-electron chi connectivity index (χ4n) is 6.74. The van der Waals surface area contributed by atoms with E-state index in [0.29, 0.717) is 17.5 Å². The molecule has 48 heavy (non-hydrogen) atoms. The summed E-state index contributed by atoms with van der Waals surface area (Å²) < 4.78 is 0. The zero-order chi connectivity index (χ0) is 31.9. The number of aromatic nitrogens is 3. The second-order valence-electron chi connectivity index (χ2n) is 12.0. The summed E-state index contributed by atoms with van der Waals surface area (Å²) in [6.45, 7) is 0. The van der Waals surface area contributed by atoms with Gasteiger partial charge in [0.1, 0.15) is 0 Å². The van der Waals surface area contributed by atoms with Crippen molar-refractivity contribution < 1.29 is 0 Å². The average Bonchev–Trinajstić information content (AvgIpc) is 3.17. The quantitative estimate of drug-likeness (QED) is 0.194. The summed E-state index contributed by atoms with van der Waals surface area (Å²) in [7, 11) is 0. The van der Waals surface area contributed by atoms with Gasteiger partial charge in [-0.2, -0.15) is 0 Å². The van der Waals surface area contributed by atoms with Gasteiger partial charge in [0.25, 0.3) is 0 Å². The van der Waals surface area contributed by atoms with Crippen LogP contribution in [0.2, 0.25) is 0 Å². The highest BCUT2D eigenvalue weighted by atomic mass is 15.0. The van der Waals surface area contributed by atoms with Crippen molar-refractivity contribution in [2.24, 2.45) is 0 Å². The fraction of sp³-hybridized carbons (Fsp3) is 0. The van der Waals surface area contributed by atoms with Crippen molar-refractivity contribution in [3.63, 3.8) is 0 Å². The molecule has 0 amide bonds. The predicted octanol–water partition coefficient (Wildman–Crippen LogP) is 11.7. The SMILES string of the molecule is c1ccc(-c2ccc3c(-c4nc(-c5ccccc5)nc(-c5ccc6cccc(-c7cccc8ccccc78)c6c5)n4)cccc3c2)cc1. The first kappa shape index (κ1) is 27.8. The van der Waals surface area contributed by atoms with E-state index in [-0.39, 0.29) is 0 Å². The molecule has 1 heterocycles. The minimum atomic E-state index is 0.645. The Balaban J connectivity index is 1.23. The van der Waals surface area contributed by atoms with E-state index in [1.54, 1.807) is 0 Å². The first-order valence-electron chi connectivity index (χ1n) is 16.2. The van der Waals surface area contributed by atoms with Gasteiger partial charge in [-0.3, -0.25) is 0 Å².